The van der Waals surface area contributed by atoms with Crippen LogP contribution in [0.25, 0.3) is 0 Å². The molecule has 3 heteroatoms. The van der Waals surface area contributed by atoms with Crippen molar-refractivity contribution in [1.29, 1.82) is 0 Å². The van der Waals surface area contributed by atoms with E-state index in [0.717, 1.165) is 24.3 Å². The Labute approximate surface area is 77.8 Å². The molecular weight excluding hydrogens is 164 g/mol. The molecule has 1 aliphatic rings. The van der Waals surface area contributed by atoms with Gasteiger partial charge in [-0.25, -0.2) is 0 Å². The topological polar surface area (TPSA) is 44.3 Å². The van der Waals surface area contributed by atoms with Crippen molar-refractivity contribution in [1.82, 2.24) is 5.32 Å². The first-order chi connectivity index (χ1) is 6.38. The Kier molecular flexibility index (Phi) is 2.47. The van der Waals surface area contributed by atoms with Gasteiger partial charge in [0, 0.05) is 18.8 Å². The zero-order valence-electron chi connectivity index (χ0n) is 7.46. The molecular formula is C10H14N2O. The Morgan fingerprint density at radius 3 is 2.92 bits per heavy atom. The summed E-state index contributed by atoms with van der Waals surface area (Å²) in [6.45, 7) is 2.17. The third-order valence-electron chi connectivity index (χ3n) is 2.26. The molecule has 0 aromatic heterocycles. The van der Waals surface area contributed by atoms with Gasteiger partial charge in [-0.2, -0.15) is 0 Å². The predicted molar refractivity (Wildman–Crippen MR) is 52.6 cm³/mol. The van der Waals surface area contributed by atoms with Crippen molar-refractivity contribution in [3.8, 4) is 0 Å². The lowest BCUT2D eigenvalue weighted by Crippen LogP contribution is -2.51. The lowest BCUT2D eigenvalue weighted by Gasteiger charge is -2.29. The van der Waals surface area contributed by atoms with Crippen LogP contribution in [0.15, 0.2) is 24.3 Å². The van der Waals surface area contributed by atoms with E-state index >= 15 is 0 Å². The zero-order chi connectivity index (χ0) is 9.10. The highest BCUT2D eigenvalue weighted by atomic mass is 16.3. The largest absolute Gasteiger partial charge is 0.392 e. The van der Waals surface area contributed by atoms with Crippen LogP contribution in [0.4, 0.5) is 5.69 Å². The number of hydrogen-bond donors (Lipinski definition) is 3. The Morgan fingerprint density at radius 2 is 2.31 bits per heavy atom. The maximum atomic E-state index is 8.93. The van der Waals surface area contributed by atoms with Gasteiger partial charge in [0.15, 0.2) is 0 Å². The Bertz CT molecular complexity index is 284. The smallest absolute Gasteiger partial charge is 0.0682 e. The van der Waals surface area contributed by atoms with E-state index in [-0.39, 0.29) is 6.61 Å². The highest BCUT2D eigenvalue weighted by molar-refractivity contribution is 5.46. The Balaban J connectivity index is 2.01. The van der Waals surface area contributed by atoms with Crippen LogP contribution >= 0.6 is 0 Å². The first-order valence-corrected chi connectivity index (χ1v) is 4.55. The fourth-order valence-electron chi connectivity index (χ4n) is 1.39. The molecule has 0 spiro atoms. The highest BCUT2D eigenvalue weighted by Gasteiger charge is 2.15. The molecule has 2 rings (SSSR count). The fourth-order valence-corrected chi connectivity index (χ4v) is 1.39. The second-order valence-corrected chi connectivity index (χ2v) is 3.36. The summed E-state index contributed by atoms with van der Waals surface area (Å²) in [6, 6.07) is 8.44. The molecule has 70 valence electrons. The number of aliphatic hydroxyl groups is 1. The second kappa shape index (κ2) is 3.77. The molecule has 1 heterocycles. The molecule has 1 fully saturated rings. The SMILES string of the molecule is OCc1cccc(NC2CNC2)c1. The van der Waals surface area contributed by atoms with Crippen LogP contribution in [0, 0.1) is 0 Å². The standard InChI is InChI=1S/C10H14N2O/c13-7-8-2-1-3-9(4-8)12-10-5-11-6-10/h1-4,10-13H,5-7H2. The number of aliphatic hydroxyl groups excluding tert-OH is 1. The van der Waals surface area contributed by atoms with Gasteiger partial charge in [-0.05, 0) is 17.7 Å². The third-order valence-corrected chi connectivity index (χ3v) is 2.26. The van der Waals surface area contributed by atoms with Crippen molar-refractivity contribution in [2.45, 2.75) is 12.6 Å². The molecule has 0 aliphatic carbocycles. The number of rotatable bonds is 3. The number of anilines is 1. The van der Waals surface area contributed by atoms with Crippen LogP contribution in [-0.4, -0.2) is 24.2 Å². The molecule has 1 aromatic carbocycles. The third kappa shape index (κ3) is 1.99. The van der Waals surface area contributed by atoms with Gasteiger partial charge in [-0.3, -0.25) is 0 Å². The molecule has 0 radical (unpaired) electrons. The summed E-state index contributed by atoms with van der Waals surface area (Å²) in [5.74, 6) is 0. The molecule has 0 atom stereocenters. The summed E-state index contributed by atoms with van der Waals surface area (Å²) in [7, 11) is 0. The minimum absolute atomic E-state index is 0.110. The molecule has 3 N–H and O–H groups in total. The summed E-state index contributed by atoms with van der Waals surface area (Å²) < 4.78 is 0. The molecule has 1 aliphatic heterocycles. The number of benzene rings is 1. The van der Waals surface area contributed by atoms with Gasteiger partial charge in [-0.15, -0.1) is 0 Å². The van der Waals surface area contributed by atoms with Gasteiger partial charge in [0.1, 0.15) is 0 Å². The normalized spacial score (nSPS) is 16.7. The Hall–Kier alpha value is -1.06. The molecule has 0 saturated carbocycles. The molecule has 13 heavy (non-hydrogen) atoms. The zero-order valence-corrected chi connectivity index (χ0v) is 7.46. The molecule has 0 bridgehead atoms. The van der Waals surface area contributed by atoms with Crippen LogP contribution in [-0.2, 0) is 6.61 Å². The maximum absolute atomic E-state index is 8.93. The van der Waals surface area contributed by atoms with Crippen molar-refractivity contribution < 1.29 is 5.11 Å². The van der Waals surface area contributed by atoms with E-state index in [0.29, 0.717) is 6.04 Å². The van der Waals surface area contributed by atoms with Crippen LogP contribution in [0.2, 0.25) is 0 Å². The van der Waals surface area contributed by atoms with Gasteiger partial charge in [0.25, 0.3) is 0 Å². The molecule has 0 amide bonds. The van der Waals surface area contributed by atoms with Crippen molar-refractivity contribution >= 4 is 5.69 Å². The van der Waals surface area contributed by atoms with Gasteiger partial charge in [-0.1, -0.05) is 12.1 Å². The first kappa shape index (κ1) is 8.53. The van der Waals surface area contributed by atoms with E-state index in [1.807, 2.05) is 24.3 Å². The number of nitrogens with one attached hydrogen (secondary N) is 2. The molecule has 0 unspecified atom stereocenters. The monoisotopic (exact) mass is 178 g/mol. The van der Waals surface area contributed by atoms with Crippen LogP contribution in [0.3, 0.4) is 0 Å². The fraction of sp³-hybridized carbons (Fsp3) is 0.400. The van der Waals surface area contributed by atoms with Gasteiger partial charge < -0.3 is 15.7 Å². The van der Waals surface area contributed by atoms with Gasteiger partial charge in [0.05, 0.1) is 12.6 Å². The van der Waals surface area contributed by atoms with Crippen LogP contribution in [0.5, 0.6) is 0 Å². The summed E-state index contributed by atoms with van der Waals surface area (Å²) >= 11 is 0. The second-order valence-electron chi connectivity index (χ2n) is 3.36. The lowest BCUT2D eigenvalue weighted by molar-refractivity contribution is 0.282. The average molecular weight is 178 g/mol. The van der Waals surface area contributed by atoms with E-state index in [1.54, 1.807) is 0 Å². The lowest BCUT2D eigenvalue weighted by atomic mass is 10.1. The van der Waals surface area contributed by atoms with Crippen molar-refractivity contribution in [3.63, 3.8) is 0 Å². The van der Waals surface area contributed by atoms with Crippen molar-refractivity contribution in [2.24, 2.45) is 0 Å². The first-order valence-electron chi connectivity index (χ1n) is 4.55. The number of hydrogen-bond acceptors (Lipinski definition) is 3. The van der Waals surface area contributed by atoms with E-state index in [2.05, 4.69) is 10.6 Å². The van der Waals surface area contributed by atoms with Crippen molar-refractivity contribution in [3.05, 3.63) is 29.8 Å². The van der Waals surface area contributed by atoms with E-state index in [1.165, 1.54) is 0 Å². The van der Waals surface area contributed by atoms with Crippen LogP contribution < -0.4 is 10.6 Å². The molecule has 3 nitrogen and oxygen atoms in total. The van der Waals surface area contributed by atoms with E-state index in [4.69, 9.17) is 5.11 Å². The molecule has 1 aromatic rings. The highest BCUT2D eigenvalue weighted by Crippen LogP contribution is 2.12. The van der Waals surface area contributed by atoms with Crippen LogP contribution in [0.1, 0.15) is 5.56 Å². The van der Waals surface area contributed by atoms with E-state index < -0.39 is 0 Å². The predicted octanol–water partition coefficient (Wildman–Crippen LogP) is 0.563. The summed E-state index contributed by atoms with van der Waals surface area (Å²) in [5.41, 5.74) is 2.05. The average Bonchev–Trinajstić information content (AvgIpc) is 2.12. The summed E-state index contributed by atoms with van der Waals surface area (Å²) in [4.78, 5) is 0. The summed E-state index contributed by atoms with van der Waals surface area (Å²) in [6.07, 6.45) is 0. The molecule has 1 saturated heterocycles. The van der Waals surface area contributed by atoms with Gasteiger partial charge >= 0.3 is 0 Å². The van der Waals surface area contributed by atoms with E-state index in [9.17, 15) is 0 Å². The van der Waals surface area contributed by atoms with Gasteiger partial charge in [0.2, 0.25) is 0 Å². The minimum Gasteiger partial charge on any atom is -0.392 e. The minimum atomic E-state index is 0.110. The van der Waals surface area contributed by atoms with Crippen molar-refractivity contribution in [2.75, 3.05) is 18.4 Å². The maximum Gasteiger partial charge on any atom is 0.0682 e. The Morgan fingerprint density at radius 1 is 1.46 bits per heavy atom. The summed E-state index contributed by atoms with van der Waals surface area (Å²) in [5, 5.41) is 15.5. The quantitative estimate of drug-likeness (QED) is 0.633.